The summed E-state index contributed by atoms with van der Waals surface area (Å²) in [6, 6.07) is 5.60. The summed E-state index contributed by atoms with van der Waals surface area (Å²) in [6.45, 7) is 6.26. The monoisotopic (exact) mass is 314 g/mol. The summed E-state index contributed by atoms with van der Waals surface area (Å²) in [5.74, 6) is 0.655. The highest BCUT2D eigenvalue weighted by Crippen LogP contribution is 2.30. The molecule has 2 rings (SSSR count). The van der Waals surface area contributed by atoms with Crippen LogP contribution in [0.4, 0.5) is 0 Å². The highest BCUT2D eigenvalue weighted by atomic mass is 35.5. The summed E-state index contributed by atoms with van der Waals surface area (Å²) in [4.78, 5) is 5.66. The molecule has 0 saturated heterocycles. The van der Waals surface area contributed by atoms with Crippen molar-refractivity contribution in [2.45, 2.75) is 20.4 Å². The lowest BCUT2D eigenvalue weighted by molar-refractivity contribution is 0.554. The molecule has 1 N–H and O–H groups in total. The van der Waals surface area contributed by atoms with E-state index in [4.69, 9.17) is 23.2 Å². The van der Waals surface area contributed by atoms with Crippen LogP contribution < -0.4 is 5.32 Å². The molecule has 0 saturated carbocycles. The third kappa shape index (κ3) is 4.18. The Morgan fingerprint density at radius 3 is 2.74 bits per heavy atom. The minimum atomic E-state index is 0.564. The maximum Gasteiger partial charge on any atom is 0.123 e. The minimum absolute atomic E-state index is 0.564. The first kappa shape index (κ1) is 14.8. The van der Waals surface area contributed by atoms with Gasteiger partial charge in [0.1, 0.15) is 5.01 Å². The van der Waals surface area contributed by atoms with Crippen molar-refractivity contribution < 1.29 is 0 Å². The van der Waals surface area contributed by atoms with Crippen LogP contribution in [0.3, 0.4) is 0 Å². The van der Waals surface area contributed by atoms with Crippen molar-refractivity contribution >= 4 is 34.5 Å². The quantitative estimate of drug-likeness (QED) is 0.852. The molecule has 0 unspecified atom stereocenters. The minimum Gasteiger partial charge on any atom is -0.312 e. The van der Waals surface area contributed by atoms with E-state index in [0.29, 0.717) is 16.0 Å². The summed E-state index contributed by atoms with van der Waals surface area (Å²) < 4.78 is 0. The van der Waals surface area contributed by atoms with Crippen molar-refractivity contribution in [1.29, 1.82) is 0 Å². The van der Waals surface area contributed by atoms with Crippen LogP contribution in [0.1, 0.15) is 18.7 Å². The molecule has 102 valence electrons. The van der Waals surface area contributed by atoms with Crippen molar-refractivity contribution in [1.82, 2.24) is 10.3 Å². The summed E-state index contributed by atoms with van der Waals surface area (Å²) in [5.41, 5.74) is 1.01. The Morgan fingerprint density at radius 1 is 1.26 bits per heavy atom. The van der Waals surface area contributed by atoms with E-state index in [-0.39, 0.29) is 0 Å². The molecule has 0 radical (unpaired) electrons. The van der Waals surface area contributed by atoms with Gasteiger partial charge in [-0.05, 0) is 24.6 Å². The Morgan fingerprint density at radius 2 is 2.05 bits per heavy atom. The van der Waals surface area contributed by atoms with E-state index in [0.717, 1.165) is 23.7 Å². The molecule has 1 heterocycles. The van der Waals surface area contributed by atoms with Crippen LogP contribution in [-0.4, -0.2) is 11.5 Å². The van der Waals surface area contributed by atoms with Crippen molar-refractivity contribution in [3.8, 4) is 10.6 Å². The van der Waals surface area contributed by atoms with E-state index in [1.54, 1.807) is 17.4 Å². The van der Waals surface area contributed by atoms with Gasteiger partial charge >= 0.3 is 0 Å². The smallest absolute Gasteiger partial charge is 0.123 e. The molecule has 2 aromatic rings. The van der Waals surface area contributed by atoms with Gasteiger partial charge in [0.2, 0.25) is 0 Å². The predicted molar refractivity (Wildman–Crippen MR) is 84.1 cm³/mol. The van der Waals surface area contributed by atoms with Crippen LogP contribution in [0.25, 0.3) is 10.6 Å². The van der Waals surface area contributed by atoms with Crippen LogP contribution in [0, 0.1) is 5.92 Å². The fourth-order valence-electron chi connectivity index (χ4n) is 1.64. The van der Waals surface area contributed by atoms with E-state index in [9.17, 15) is 0 Å². The van der Waals surface area contributed by atoms with E-state index in [1.807, 2.05) is 18.3 Å². The molecular formula is C14H16Cl2N2S. The van der Waals surface area contributed by atoms with Crippen LogP contribution in [0.2, 0.25) is 10.0 Å². The van der Waals surface area contributed by atoms with Crippen LogP contribution >= 0.6 is 34.5 Å². The van der Waals surface area contributed by atoms with Gasteiger partial charge in [0.05, 0.1) is 10.0 Å². The molecule has 0 spiro atoms. The van der Waals surface area contributed by atoms with Gasteiger partial charge < -0.3 is 5.32 Å². The third-order valence-electron chi connectivity index (χ3n) is 2.57. The van der Waals surface area contributed by atoms with Gasteiger partial charge in [-0.25, -0.2) is 4.98 Å². The molecule has 0 bridgehead atoms. The fraction of sp³-hybridized carbons (Fsp3) is 0.357. The molecule has 5 heteroatoms. The van der Waals surface area contributed by atoms with Gasteiger partial charge in [0, 0.05) is 23.2 Å². The molecule has 1 aromatic carbocycles. The summed E-state index contributed by atoms with van der Waals surface area (Å²) in [7, 11) is 0. The molecule has 0 aliphatic rings. The van der Waals surface area contributed by atoms with Crippen LogP contribution in [-0.2, 0) is 6.54 Å². The van der Waals surface area contributed by atoms with E-state index < -0.39 is 0 Å². The highest BCUT2D eigenvalue weighted by Gasteiger charge is 2.07. The first-order valence-corrected chi connectivity index (χ1v) is 7.74. The standard InChI is InChI=1S/C14H16Cl2N2S/c1-9(2)6-17-7-11-8-18-14(19-11)10-3-4-12(15)13(16)5-10/h3-5,8-9,17H,6-7H2,1-2H3. The second-order valence-electron chi connectivity index (χ2n) is 4.79. The molecule has 0 aliphatic heterocycles. The van der Waals surface area contributed by atoms with Crippen molar-refractivity contribution in [2.75, 3.05) is 6.54 Å². The van der Waals surface area contributed by atoms with E-state index in [1.165, 1.54) is 4.88 Å². The van der Waals surface area contributed by atoms with E-state index >= 15 is 0 Å². The normalized spacial score (nSPS) is 11.2. The summed E-state index contributed by atoms with van der Waals surface area (Å²) in [5, 5.41) is 5.52. The van der Waals surface area contributed by atoms with Gasteiger partial charge in [0.25, 0.3) is 0 Å². The van der Waals surface area contributed by atoms with Crippen molar-refractivity contribution in [2.24, 2.45) is 5.92 Å². The zero-order valence-corrected chi connectivity index (χ0v) is 13.2. The van der Waals surface area contributed by atoms with Gasteiger partial charge in [-0.3, -0.25) is 0 Å². The highest BCUT2D eigenvalue weighted by molar-refractivity contribution is 7.15. The van der Waals surface area contributed by atoms with Crippen molar-refractivity contribution in [3.63, 3.8) is 0 Å². The molecule has 0 atom stereocenters. The fourth-order valence-corrected chi connectivity index (χ4v) is 2.81. The predicted octanol–water partition coefficient (Wildman–Crippen LogP) is 4.86. The number of rotatable bonds is 5. The average Bonchev–Trinajstić information content (AvgIpc) is 2.81. The number of nitrogens with zero attached hydrogens (tertiary/aromatic N) is 1. The Bertz CT molecular complexity index is 552. The van der Waals surface area contributed by atoms with Crippen molar-refractivity contribution in [3.05, 3.63) is 39.3 Å². The first-order chi connectivity index (χ1) is 9.06. The lowest BCUT2D eigenvalue weighted by Crippen LogP contribution is -2.18. The zero-order chi connectivity index (χ0) is 13.8. The van der Waals surface area contributed by atoms with Gasteiger partial charge in [-0.2, -0.15) is 0 Å². The number of nitrogens with one attached hydrogen (secondary N) is 1. The molecule has 0 fully saturated rings. The molecule has 0 amide bonds. The molecule has 19 heavy (non-hydrogen) atoms. The molecule has 0 aliphatic carbocycles. The number of hydrogen-bond donors (Lipinski definition) is 1. The first-order valence-electron chi connectivity index (χ1n) is 6.17. The number of hydrogen-bond acceptors (Lipinski definition) is 3. The Kier molecular flexibility index (Phi) is 5.22. The maximum atomic E-state index is 6.02. The maximum absolute atomic E-state index is 6.02. The van der Waals surface area contributed by atoms with Gasteiger partial charge in [-0.1, -0.05) is 43.1 Å². The molecule has 2 nitrogen and oxygen atoms in total. The summed E-state index contributed by atoms with van der Waals surface area (Å²) in [6.07, 6.45) is 1.91. The number of benzene rings is 1. The Hall–Kier alpha value is -0.610. The molecule has 1 aromatic heterocycles. The lowest BCUT2D eigenvalue weighted by atomic mass is 10.2. The topological polar surface area (TPSA) is 24.9 Å². The van der Waals surface area contributed by atoms with Crippen LogP contribution in [0.15, 0.2) is 24.4 Å². The Labute approximate surface area is 127 Å². The molecular weight excluding hydrogens is 299 g/mol. The Balaban J connectivity index is 2.05. The van der Waals surface area contributed by atoms with E-state index in [2.05, 4.69) is 24.1 Å². The third-order valence-corrected chi connectivity index (χ3v) is 4.36. The van der Waals surface area contributed by atoms with Gasteiger partial charge in [-0.15, -0.1) is 11.3 Å². The van der Waals surface area contributed by atoms with Gasteiger partial charge in [0.15, 0.2) is 0 Å². The number of halogens is 2. The summed E-state index contributed by atoms with van der Waals surface area (Å²) >= 11 is 13.6. The second-order valence-corrected chi connectivity index (χ2v) is 6.71. The lowest BCUT2D eigenvalue weighted by Gasteiger charge is -2.04. The SMILES string of the molecule is CC(C)CNCc1cnc(-c2ccc(Cl)c(Cl)c2)s1. The average molecular weight is 315 g/mol. The van der Waals surface area contributed by atoms with Crippen LogP contribution in [0.5, 0.6) is 0 Å². The second kappa shape index (κ2) is 6.71. The zero-order valence-electron chi connectivity index (χ0n) is 10.9. The number of thiazole rings is 1. The largest absolute Gasteiger partial charge is 0.312 e. The number of aromatic nitrogens is 1.